The van der Waals surface area contributed by atoms with Gasteiger partial charge in [-0.25, -0.2) is 4.39 Å². The van der Waals surface area contributed by atoms with Crippen LogP contribution in [0, 0.1) is 5.82 Å². The zero-order valence-corrected chi connectivity index (χ0v) is 18.1. The molecule has 2 N–H and O–H groups in total. The molecule has 0 saturated carbocycles. The predicted octanol–water partition coefficient (Wildman–Crippen LogP) is 4.00. The predicted molar refractivity (Wildman–Crippen MR) is 110 cm³/mol. The molecule has 4 nitrogen and oxygen atoms in total. The van der Waals surface area contributed by atoms with Crippen LogP contribution in [0.4, 0.5) is 17.6 Å². The summed E-state index contributed by atoms with van der Waals surface area (Å²) < 4.78 is 52.4. The number of nitrogens with one attached hydrogen (secondary N) is 2. The van der Waals surface area contributed by atoms with Crippen molar-refractivity contribution >= 4 is 29.9 Å². The minimum Gasteiger partial charge on any atom is -0.354 e. The van der Waals surface area contributed by atoms with Crippen LogP contribution in [-0.4, -0.2) is 43.1 Å². The molecule has 154 valence electrons. The fourth-order valence-electron chi connectivity index (χ4n) is 3.09. The van der Waals surface area contributed by atoms with Crippen molar-refractivity contribution in [1.29, 1.82) is 0 Å². The highest BCUT2D eigenvalue weighted by molar-refractivity contribution is 14.0. The minimum absolute atomic E-state index is 0. The fourth-order valence-corrected chi connectivity index (χ4v) is 3.09. The number of alkyl halides is 3. The molecule has 1 fully saturated rings. The summed E-state index contributed by atoms with van der Waals surface area (Å²) in [7, 11) is 1.58. The summed E-state index contributed by atoms with van der Waals surface area (Å²) in [5.74, 6) is -0.453. The first-order valence-corrected chi connectivity index (χ1v) is 8.77. The number of likely N-dealkylation sites (tertiary alicyclic amines) is 1. The van der Waals surface area contributed by atoms with Crippen molar-refractivity contribution in [2.75, 3.05) is 20.1 Å². The Labute approximate surface area is 174 Å². The van der Waals surface area contributed by atoms with Gasteiger partial charge < -0.3 is 15.5 Å². The molecule has 9 heteroatoms. The van der Waals surface area contributed by atoms with E-state index in [1.165, 1.54) is 0 Å². The molecule has 0 aromatic heterocycles. The van der Waals surface area contributed by atoms with Gasteiger partial charge in [-0.3, -0.25) is 4.99 Å². The van der Waals surface area contributed by atoms with E-state index in [1.807, 2.05) is 0 Å². The second-order valence-electron chi connectivity index (χ2n) is 6.77. The molecule has 0 spiro atoms. The van der Waals surface area contributed by atoms with Gasteiger partial charge in [0.1, 0.15) is 5.82 Å². The number of benzene rings is 1. The van der Waals surface area contributed by atoms with E-state index >= 15 is 0 Å². The maximum absolute atomic E-state index is 13.2. The molecular formula is C18H27F4IN4. The van der Waals surface area contributed by atoms with E-state index < -0.39 is 17.6 Å². The smallest absolute Gasteiger partial charge is 0.354 e. The van der Waals surface area contributed by atoms with Crippen molar-refractivity contribution in [3.05, 3.63) is 35.1 Å². The maximum Gasteiger partial charge on any atom is 0.416 e. The summed E-state index contributed by atoms with van der Waals surface area (Å²) in [6, 6.07) is 3.44. The number of rotatable bonds is 4. The van der Waals surface area contributed by atoms with Gasteiger partial charge in [0, 0.05) is 38.8 Å². The Morgan fingerprint density at radius 3 is 2.41 bits per heavy atom. The van der Waals surface area contributed by atoms with E-state index in [0.717, 1.165) is 38.1 Å². The largest absolute Gasteiger partial charge is 0.416 e. The molecule has 0 atom stereocenters. The van der Waals surface area contributed by atoms with Crippen LogP contribution in [0.3, 0.4) is 0 Å². The molecule has 1 aromatic rings. The fraction of sp³-hybridized carbons (Fsp3) is 0.611. The number of hydrogen-bond donors (Lipinski definition) is 2. The molecule has 1 heterocycles. The average Bonchev–Trinajstić information content (AvgIpc) is 2.59. The Morgan fingerprint density at radius 2 is 1.89 bits per heavy atom. The summed E-state index contributed by atoms with van der Waals surface area (Å²) in [5, 5.41) is 6.16. The van der Waals surface area contributed by atoms with Gasteiger partial charge in [0.2, 0.25) is 0 Å². The summed E-state index contributed by atoms with van der Waals surface area (Å²) in [6.45, 7) is 6.19. The number of piperidine rings is 1. The molecule has 0 radical (unpaired) electrons. The van der Waals surface area contributed by atoms with E-state index in [-0.39, 0.29) is 42.1 Å². The summed E-state index contributed by atoms with van der Waals surface area (Å²) >= 11 is 0. The number of halogens is 5. The lowest BCUT2D eigenvalue weighted by Crippen LogP contribution is -2.49. The third kappa shape index (κ3) is 7.10. The molecule has 27 heavy (non-hydrogen) atoms. The highest BCUT2D eigenvalue weighted by atomic mass is 127. The molecule has 1 aromatic carbocycles. The van der Waals surface area contributed by atoms with Crippen LogP contribution < -0.4 is 10.6 Å². The van der Waals surface area contributed by atoms with Gasteiger partial charge >= 0.3 is 6.18 Å². The van der Waals surface area contributed by atoms with E-state index in [0.29, 0.717) is 18.1 Å². The van der Waals surface area contributed by atoms with E-state index in [9.17, 15) is 17.6 Å². The van der Waals surface area contributed by atoms with Crippen LogP contribution in [0.5, 0.6) is 0 Å². The molecule has 1 saturated heterocycles. The third-order valence-electron chi connectivity index (χ3n) is 4.65. The Balaban J connectivity index is 0.00000364. The zero-order valence-electron chi connectivity index (χ0n) is 15.7. The molecular weight excluding hydrogens is 475 g/mol. The molecule has 0 amide bonds. The number of nitrogens with zero attached hydrogens (tertiary/aromatic N) is 2. The first-order chi connectivity index (χ1) is 12.2. The third-order valence-corrected chi connectivity index (χ3v) is 4.65. The van der Waals surface area contributed by atoms with E-state index in [2.05, 4.69) is 34.4 Å². The Kier molecular flexibility index (Phi) is 9.26. The zero-order chi connectivity index (χ0) is 19.3. The summed E-state index contributed by atoms with van der Waals surface area (Å²) in [6.07, 6.45) is -2.70. The van der Waals surface area contributed by atoms with E-state index in [1.54, 1.807) is 7.05 Å². The van der Waals surface area contributed by atoms with Gasteiger partial charge in [-0.1, -0.05) is 6.07 Å². The highest BCUT2D eigenvalue weighted by Gasteiger charge is 2.33. The number of guanidine groups is 1. The summed E-state index contributed by atoms with van der Waals surface area (Å²) in [4.78, 5) is 6.48. The molecule has 1 aliphatic rings. The number of hydrogen-bond acceptors (Lipinski definition) is 2. The van der Waals surface area contributed by atoms with Crippen molar-refractivity contribution in [3.8, 4) is 0 Å². The van der Waals surface area contributed by atoms with Crippen LogP contribution >= 0.6 is 24.0 Å². The quantitative estimate of drug-likeness (QED) is 0.283. The highest BCUT2D eigenvalue weighted by Crippen LogP contribution is 2.32. The first kappa shape index (κ1) is 23.9. The average molecular weight is 502 g/mol. The maximum atomic E-state index is 13.2. The monoisotopic (exact) mass is 502 g/mol. The lowest BCUT2D eigenvalue weighted by Gasteiger charge is -2.35. The SMILES string of the molecule is CN=C(NCc1ccc(F)cc1C(F)(F)F)NC1CCN(C(C)C)CC1.I. The molecule has 2 rings (SSSR count). The second-order valence-corrected chi connectivity index (χ2v) is 6.77. The van der Waals surface area contributed by atoms with Gasteiger partial charge in [-0.05, 0) is 44.4 Å². The Hall–Kier alpha value is -1.10. The topological polar surface area (TPSA) is 39.7 Å². The summed E-state index contributed by atoms with van der Waals surface area (Å²) in [5.41, 5.74) is -0.984. The standard InChI is InChI=1S/C18H26F4N4.HI/c1-12(2)26-8-6-15(7-9-26)25-17(23-3)24-11-13-4-5-14(19)10-16(13)18(20,21)22;/h4-5,10,12,15H,6-9,11H2,1-3H3,(H2,23,24,25);1H. The van der Waals surface area contributed by atoms with Crippen LogP contribution in [0.2, 0.25) is 0 Å². The number of aliphatic imine (C=N–C) groups is 1. The van der Waals surface area contributed by atoms with Crippen LogP contribution in [0.15, 0.2) is 23.2 Å². The minimum atomic E-state index is -4.60. The normalized spacial score (nSPS) is 17.0. The van der Waals surface area contributed by atoms with Crippen LogP contribution in [0.1, 0.15) is 37.8 Å². The second kappa shape index (κ2) is 10.4. The van der Waals surface area contributed by atoms with Crippen molar-refractivity contribution in [3.63, 3.8) is 0 Å². The van der Waals surface area contributed by atoms with Crippen LogP contribution in [-0.2, 0) is 12.7 Å². The Morgan fingerprint density at radius 1 is 1.26 bits per heavy atom. The van der Waals surface area contributed by atoms with Gasteiger partial charge in [0.05, 0.1) is 5.56 Å². The lowest BCUT2D eigenvalue weighted by atomic mass is 10.0. The van der Waals surface area contributed by atoms with Gasteiger partial charge in [0.15, 0.2) is 5.96 Å². The van der Waals surface area contributed by atoms with Gasteiger partial charge in [0.25, 0.3) is 0 Å². The van der Waals surface area contributed by atoms with Gasteiger partial charge in [-0.2, -0.15) is 13.2 Å². The van der Waals surface area contributed by atoms with Crippen molar-refractivity contribution in [1.82, 2.24) is 15.5 Å². The molecule has 1 aliphatic heterocycles. The van der Waals surface area contributed by atoms with Crippen molar-refractivity contribution < 1.29 is 17.6 Å². The van der Waals surface area contributed by atoms with Crippen molar-refractivity contribution in [2.24, 2.45) is 4.99 Å². The lowest BCUT2D eigenvalue weighted by molar-refractivity contribution is -0.138. The van der Waals surface area contributed by atoms with E-state index in [4.69, 9.17) is 0 Å². The first-order valence-electron chi connectivity index (χ1n) is 8.77. The van der Waals surface area contributed by atoms with Crippen LogP contribution in [0.25, 0.3) is 0 Å². The van der Waals surface area contributed by atoms with Crippen molar-refractivity contribution in [2.45, 2.75) is 51.5 Å². The molecule has 0 bridgehead atoms. The molecule has 0 unspecified atom stereocenters. The molecule has 0 aliphatic carbocycles. The Bertz CT molecular complexity index is 626. The van der Waals surface area contributed by atoms with Gasteiger partial charge in [-0.15, -0.1) is 24.0 Å².